The molecule has 2 fully saturated rings. The van der Waals surface area contributed by atoms with Crippen molar-refractivity contribution in [1.29, 1.82) is 0 Å². The average Bonchev–Trinajstić information content (AvgIpc) is 3.28. The molecule has 1 saturated carbocycles. The number of halogens is 2. The van der Waals surface area contributed by atoms with Crippen molar-refractivity contribution in [2.24, 2.45) is 5.73 Å². The van der Waals surface area contributed by atoms with Crippen molar-refractivity contribution in [3.8, 4) is 0 Å². The number of hydrogen-bond acceptors (Lipinski definition) is 2. The Morgan fingerprint density at radius 1 is 1.24 bits per heavy atom. The lowest BCUT2D eigenvalue weighted by molar-refractivity contribution is -0.133. The van der Waals surface area contributed by atoms with Crippen LogP contribution in [-0.4, -0.2) is 22.9 Å². The molecule has 0 radical (unpaired) electrons. The molecule has 5 heteroatoms. The van der Waals surface area contributed by atoms with Gasteiger partial charge in [-0.3, -0.25) is 4.79 Å². The predicted molar refractivity (Wildman–Crippen MR) is 75.8 cm³/mol. The van der Waals surface area contributed by atoms with Crippen molar-refractivity contribution in [3.05, 3.63) is 35.4 Å². The van der Waals surface area contributed by atoms with Gasteiger partial charge in [0.05, 0.1) is 6.04 Å². The van der Waals surface area contributed by atoms with E-state index in [1.54, 1.807) is 6.07 Å². The van der Waals surface area contributed by atoms with E-state index in [0.717, 1.165) is 31.2 Å². The molecule has 1 heterocycles. The second kappa shape index (κ2) is 5.72. The van der Waals surface area contributed by atoms with E-state index in [4.69, 9.17) is 5.73 Å². The zero-order valence-corrected chi connectivity index (χ0v) is 11.8. The van der Waals surface area contributed by atoms with Gasteiger partial charge in [-0.25, -0.2) is 8.78 Å². The third-order valence-electron chi connectivity index (χ3n) is 4.37. The molecule has 1 saturated heterocycles. The van der Waals surface area contributed by atoms with Crippen LogP contribution in [0.1, 0.15) is 55.7 Å². The summed E-state index contributed by atoms with van der Waals surface area (Å²) in [4.78, 5) is 14.2. The molecule has 0 bridgehead atoms. The van der Waals surface area contributed by atoms with E-state index >= 15 is 0 Å². The number of carbonyl (C=O) groups excluding carboxylic acids is 1. The fourth-order valence-corrected chi connectivity index (χ4v) is 3.21. The highest BCUT2D eigenvalue weighted by atomic mass is 19.3. The van der Waals surface area contributed by atoms with Crippen LogP contribution < -0.4 is 5.73 Å². The summed E-state index contributed by atoms with van der Waals surface area (Å²) in [6, 6.07) is 6.13. The fourth-order valence-electron chi connectivity index (χ4n) is 3.21. The smallest absolute Gasteiger partial charge is 0.263 e. The maximum atomic E-state index is 12.9. The van der Waals surface area contributed by atoms with E-state index in [1.807, 2.05) is 11.0 Å². The highest BCUT2D eigenvalue weighted by Crippen LogP contribution is 2.39. The van der Waals surface area contributed by atoms with Crippen molar-refractivity contribution >= 4 is 5.91 Å². The number of alkyl halides is 2. The molecular weight excluding hydrogens is 274 g/mol. The monoisotopic (exact) mass is 294 g/mol. The molecule has 1 aromatic carbocycles. The summed E-state index contributed by atoms with van der Waals surface area (Å²) in [6.45, 7) is 0. The molecular formula is C16H20F2N2O. The van der Waals surface area contributed by atoms with Gasteiger partial charge in [-0.15, -0.1) is 0 Å². The zero-order chi connectivity index (χ0) is 15.0. The number of nitrogens with two attached hydrogens (primary N) is 1. The van der Waals surface area contributed by atoms with E-state index in [9.17, 15) is 13.6 Å². The molecule has 1 aliphatic carbocycles. The van der Waals surface area contributed by atoms with Gasteiger partial charge in [-0.2, -0.15) is 0 Å². The SMILES string of the molecule is NC1CCCC(=O)N(C2CC2)C1c1cccc(C(F)F)c1. The van der Waals surface area contributed by atoms with Crippen LogP contribution in [-0.2, 0) is 4.79 Å². The lowest BCUT2D eigenvalue weighted by Crippen LogP contribution is -2.43. The van der Waals surface area contributed by atoms with Crippen LogP contribution in [0.3, 0.4) is 0 Å². The van der Waals surface area contributed by atoms with Crippen LogP contribution >= 0.6 is 0 Å². The van der Waals surface area contributed by atoms with Crippen molar-refractivity contribution in [2.45, 2.75) is 56.7 Å². The highest BCUT2D eigenvalue weighted by molar-refractivity contribution is 5.78. The molecule has 1 aromatic rings. The summed E-state index contributed by atoms with van der Waals surface area (Å²) in [6.07, 6.45) is 1.51. The minimum atomic E-state index is -2.50. The first-order chi connectivity index (χ1) is 10.1. The van der Waals surface area contributed by atoms with E-state index < -0.39 is 6.43 Å². The largest absolute Gasteiger partial charge is 0.331 e. The lowest BCUT2D eigenvalue weighted by Gasteiger charge is -2.34. The van der Waals surface area contributed by atoms with Gasteiger partial charge in [-0.05, 0) is 37.3 Å². The Labute approximate surface area is 123 Å². The van der Waals surface area contributed by atoms with Gasteiger partial charge in [0.1, 0.15) is 0 Å². The number of hydrogen-bond donors (Lipinski definition) is 1. The number of benzene rings is 1. The molecule has 114 valence electrons. The maximum Gasteiger partial charge on any atom is 0.263 e. The molecule has 1 amide bonds. The van der Waals surface area contributed by atoms with Crippen LogP contribution in [0.4, 0.5) is 8.78 Å². The van der Waals surface area contributed by atoms with Crippen LogP contribution in [0.15, 0.2) is 24.3 Å². The van der Waals surface area contributed by atoms with Crippen LogP contribution in [0.2, 0.25) is 0 Å². The Morgan fingerprint density at radius 3 is 2.67 bits per heavy atom. The Bertz CT molecular complexity index is 531. The predicted octanol–water partition coefficient (Wildman–Crippen LogP) is 3.17. The van der Waals surface area contributed by atoms with Crippen LogP contribution in [0.5, 0.6) is 0 Å². The molecule has 2 aliphatic rings. The number of carbonyl (C=O) groups is 1. The number of amides is 1. The van der Waals surface area contributed by atoms with Crippen LogP contribution in [0.25, 0.3) is 0 Å². The molecule has 1 aliphatic heterocycles. The summed E-state index contributed by atoms with van der Waals surface area (Å²) in [5, 5.41) is 0. The summed E-state index contributed by atoms with van der Waals surface area (Å²) in [5.74, 6) is 0.109. The number of likely N-dealkylation sites (tertiary alicyclic amines) is 1. The van der Waals surface area contributed by atoms with Crippen LogP contribution in [0, 0.1) is 0 Å². The molecule has 3 rings (SSSR count). The summed E-state index contributed by atoms with van der Waals surface area (Å²) < 4.78 is 25.8. The molecule has 0 spiro atoms. The molecule has 2 unspecified atom stereocenters. The van der Waals surface area contributed by atoms with Gasteiger partial charge in [0.2, 0.25) is 5.91 Å². The lowest BCUT2D eigenvalue weighted by atomic mass is 9.95. The highest BCUT2D eigenvalue weighted by Gasteiger charge is 2.41. The van der Waals surface area contributed by atoms with Gasteiger partial charge in [0, 0.05) is 24.1 Å². The van der Waals surface area contributed by atoms with Gasteiger partial charge in [-0.1, -0.05) is 18.2 Å². The molecule has 0 aromatic heterocycles. The number of nitrogens with zero attached hydrogens (tertiary/aromatic N) is 1. The molecule has 2 N–H and O–H groups in total. The van der Waals surface area contributed by atoms with Crippen molar-refractivity contribution < 1.29 is 13.6 Å². The van der Waals surface area contributed by atoms with E-state index in [-0.39, 0.29) is 29.6 Å². The van der Waals surface area contributed by atoms with Crippen molar-refractivity contribution in [2.75, 3.05) is 0 Å². The molecule has 2 atom stereocenters. The molecule has 21 heavy (non-hydrogen) atoms. The minimum absolute atomic E-state index is 0.00728. The Balaban J connectivity index is 1.98. The third kappa shape index (κ3) is 2.93. The normalized spacial score (nSPS) is 27.0. The van der Waals surface area contributed by atoms with E-state index in [1.165, 1.54) is 12.1 Å². The first-order valence-electron chi connectivity index (χ1n) is 7.52. The van der Waals surface area contributed by atoms with Crippen molar-refractivity contribution in [1.82, 2.24) is 4.90 Å². The standard InChI is InChI=1S/C16H20F2N2O/c17-16(18)11-4-1-3-10(9-11)15-13(19)5-2-6-14(21)20(15)12-7-8-12/h1,3-4,9,12-13,15-16H,2,5-8,19H2. The maximum absolute atomic E-state index is 12.9. The minimum Gasteiger partial charge on any atom is -0.331 e. The van der Waals surface area contributed by atoms with E-state index in [0.29, 0.717) is 6.42 Å². The third-order valence-corrected chi connectivity index (χ3v) is 4.37. The fraction of sp³-hybridized carbons (Fsp3) is 0.562. The van der Waals surface area contributed by atoms with Gasteiger partial charge < -0.3 is 10.6 Å². The quantitative estimate of drug-likeness (QED) is 0.930. The number of rotatable bonds is 3. The summed E-state index contributed by atoms with van der Waals surface area (Å²) >= 11 is 0. The average molecular weight is 294 g/mol. The Morgan fingerprint density at radius 2 is 2.00 bits per heavy atom. The van der Waals surface area contributed by atoms with Gasteiger partial charge in [0.15, 0.2) is 0 Å². The first-order valence-corrected chi connectivity index (χ1v) is 7.52. The second-order valence-electron chi connectivity index (χ2n) is 6.00. The Hall–Kier alpha value is -1.49. The van der Waals surface area contributed by atoms with E-state index in [2.05, 4.69) is 0 Å². The molecule has 3 nitrogen and oxygen atoms in total. The topological polar surface area (TPSA) is 46.3 Å². The first kappa shape index (κ1) is 14.4. The second-order valence-corrected chi connectivity index (χ2v) is 6.00. The zero-order valence-electron chi connectivity index (χ0n) is 11.8. The van der Waals surface area contributed by atoms with Crippen molar-refractivity contribution in [3.63, 3.8) is 0 Å². The summed E-state index contributed by atoms with van der Waals surface area (Å²) in [7, 11) is 0. The summed E-state index contributed by atoms with van der Waals surface area (Å²) in [5.41, 5.74) is 7.01. The van der Waals surface area contributed by atoms with Gasteiger partial charge >= 0.3 is 0 Å². The Kier molecular flexibility index (Phi) is 3.93. The van der Waals surface area contributed by atoms with Gasteiger partial charge in [0.25, 0.3) is 6.43 Å².